The molecule has 0 fully saturated rings. The summed E-state index contributed by atoms with van der Waals surface area (Å²) in [5.41, 5.74) is -0.00975. The first-order valence-electron chi connectivity index (χ1n) is 4.34. The topological polar surface area (TPSA) is 42.1 Å². The van der Waals surface area contributed by atoms with Crippen molar-refractivity contribution in [2.24, 2.45) is 0 Å². The first-order valence-corrected chi connectivity index (χ1v) is 5.13. The van der Waals surface area contributed by atoms with Gasteiger partial charge < -0.3 is 9.72 Å². The number of hydrogen-bond acceptors (Lipinski definition) is 2. The van der Waals surface area contributed by atoms with Crippen LogP contribution in [0.4, 0.5) is 8.78 Å². The summed E-state index contributed by atoms with van der Waals surface area (Å²) in [4.78, 5) is 14.4. The fourth-order valence-electron chi connectivity index (χ4n) is 1.39. The minimum Gasteiger partial charge on any atom is -0.433 e. The molecule has 0 aliphatic carbocycles. The maximum absolute atomic E-state index is 12.1. The van der Waals surface area contributed by atoms with Crippen LogP contribution in [0, 0.1) is 0 Å². The fourth-order valence-corrected chi connectivity index (χ4v) is 1.72. The third kappa shape index (κ3) is 1.92. The average molecular weight is 290 g/mol. The molecule has 0 aliphatic rings. The maximum Gasteiger partial charge on any atom is 0.387 e. The second kappa shape index (κ2) is 4.21. The predicted octanol–water partition coefficient (Wildman–Crippen LogP) is 2.89. The Hall–Kier alpha value is -1.43. The van der Waals surface area contributed by atoms with E-state index in [-0.39, 0.29) is 16.7 Å². The SMILES string of the molecule is O=c1c(Br)c[nH]c2c(OC(F)F)cccc12. The van der Waals surface area contributed by atoms with E-state index < -0.39 is 6.61 Å². The highest BCUT2D eigenvalue weighted by Gasteiger charge is 2.10. The summed E-state index contributed by atoms with van der Waals surface area (Å²) in [5.74, 6) is -0.0444. The molecule has 0 bridgehead atoms. The van der Waals surface area contributed by atoms with Crippen LogP contribution in [0.15, 0.2) is 33.7 Å². The number of aromatic amines is 1. The Balaban J connectivity index is 2.70. The van der Waals surface area contributed by atoms with Gasteiger partial charge in [-0.05, 0) is 28.1 Å². The van der Waals surface area contributed by atoms with Gasteiger partial charge in [0.1, 0.15) is 5.75 Å². The van der Waals surface area contributed by atoms with Gasteiger partial charge in [-0.3, -0.25) is 4.79 Å². The summed E-state index contributed by atoms with van der Waals surface area (Å²) in [6.07, 6.45) is 1.39. The van der Waals surface area contributed by atoms with Gasteiger partial charge in [-0.2, -0.15) is 8.78 Å². The Labute approximate surface area is 97.2 Å². The lowest BCUT2D eigenvalue weighted by atomic mass is 10.2. The minimum absolute atomic E-state index is 0.0444. The number of fused-ring (bicyclic) bond motifs is 1. The lowest BCUT2D eigenvalue weighted by molar-refractivity contribution is -0.0489. The van der Waals surface area contributed by atoms with Crippen LogP contribution in [-0.2, 0) is 0 Å². The van der Waals surface area contributed by atoms with Gasteiger partial charge in [0.25, 0.3) is 0 Å². The Bertz CT molecular complexity index is 583. The minimum atomic E-state index is -2.92. The van der Waals surface area contributed by atoms with Gasteiger partial charge in [0.05, 0.1) is 15.4 Å². The van der Waals surface area contributed by atoms with Gasteiger partial charge >= 0.3 is 6.61 Å². The molecule has 0 radical (unpaired) electrons. The molecular formula is C10H6BrF2NO2. The van der Waals surface area contributed by atoms with Crippen molar-refractivity contribution in [2.45, 2.75) is 6.61 Å². The average Bonchev–Trinajstić information content (AvgIpc) is 2.23. The van der Waals surface area contributed by atoms with Crippen LogP contribution in [0.5, 0.6) is 5.75 Å². The number of alkyl halides is 2. The number of hydrogen-bond donors (Lipinski definition) is 1. The Morgan fingerprint density at radius 1 is 1.38 bits per heavy atom. The Morgan fingerprint density at radius 3 is 2.81 bits per heavy atom. The smallest absolute Gasteiger partial charge is 0.387 e. The van der Waals surface area contributed by atoms with Crippen LogP contribution in [0.1, 0.15) is 0 Å². The van der Waals surface area contributed by atoms with Crippen LogP contribution in [-0.4, -0.2) is 11.6 Å². The molecule has 0 amide bonds. The summed E-state index contributed by atoms with van der Waals surface area (Å²) >= 11 is 3.06. The molecule has 0 unspecified atom stereocenters. The van der Waals surface area contributed by atoms with E-state index in [0.29, 0.717) is 9.86 Å². The maximum atomic E-state index is 12.1. The van der Waals surface area contributed by atoms with Crippen molar-refractivity contribution in [3.05, 3.63) is 39.1 Å². The second-order valence-electron chi connectivity index (χ2n) is 3.02. The zero-order valence-electron chi connectivity index (χ0n) is 7.84. The number of rotatable bonds is 2. The normalized spacial score (nSPS) is 11.0. The molecule has 0 atom stereocenters. The highest BCUT2D eigenvalue weighted by molar-refractivity contribution is 9.10. The van der Waals surface area contributed by atoms with Gasteiger partial charge in [-0.1, -0.05) is 6.07 Å². The number of benzene rings is 1. The third-order valence-electron chi connectivity index (χ3n) is 2.05. The van der Waals surface area contributed by atoms with Gasteiger partial charge in [0.2, 0.25) is 5.43 Å². The van der Waals surface area contributed by atoms with E-state index in [1.165, 1.54) is 24.4 Å². The van der Waals surface area contributed by atoms with Gasteiger partial charge in [0, 0.05) is 6.20 Å². The van der Waals surface area contributed by atoms with Crippen molar-refractivity contribution in [2.75, 3.05) is 0 Å². The highest BCUT2D eigenvalue weighted by atomic mass is 79.9. The number of pyridine rings is 1. The Kier molecular flexibility index (Phi) is 2.91. The predicted molar refractivity (Wildman–Crippen MR) is 58.9 cm³/mol. The molecule has 1 aromatic heterocycles. The fraction of sp³-hybridized carbons (Fsp3) is 0.100. The molecule has 1 aromatic carbocycles. The standard InChI is InChI=1S/C10H6BrF2NO2/c11-6-4-14-8-5(9(6)15)2-1-3-7(8)16-10(12)13/h1-4,10H,(H,14,15). The summed E-state index contributed by atoms with van der Waals surface area (Å²) < 4.78 is 28.9. The van der Waals surface area contributed by atoms with E-state index >= 15 is 0 Å². The van der Waals surface area contributed by atoms with Crippen molar-refractivity contribution in [1.82, 2.24) is 4.98 Å². The van der Waals surface area contributed by atoms with Crippen LogP contribution < -0.4 is 10.2 Å². The largest absolute Gasteiger partial charge is 0.433 e. The quantitative estimate of drug-likeness (QED) is 0.924. The number of aromatic nitrogens is 1. The van der Waals surface area contributed by atoms with Gasteiger partial charge in [-0.15, -0.1) is 0 Å². The third-order valence-corrected chi connectivity index (χ3v) is 2.64. The monoisotopic (exact) mass is 289 g/mol. The lowest BCUT2D eigenvalue weighted by Gasteiger charge is -2.07. The van der Waals surface area contributed by atoms with Crippen LogP contribution >= 0.6 is 15.9 Å². The highest BCUT2D eigenvalue weighted by Crippen LogP contribution is 2.23. The Morgan fingerprint density at radius 2 is 2.12 bits per heavy atom. The van der Waals surface area contributed by atoms with Crippen molar-refractivity contribution in [3.8, 4) is 5.75 Å². The zero-order valence-corrected chi connectivity index (χ0v) is 9.42. The molecule has 1 N–H and O–H groups in total. The summed E-state index contributed by atoms with van der Waals surface area (Å²) in [6.45, 7) is -2.92. The van der Waals surface area contributed by atoms with E-state index in [1.807, 2.05) is 0 Å². The molecule has 0 saturated carbocycles. The van der Waals surface area contributed by atoms with Gasteiger partial charge in [-0.25, -0.2) is 0 Å². The van der Waals surface area contributed by atoms with Crippen molar-refractivity contribution >= 4 is 26.8 Å². The van der Waals surface area contributed by atoms with E-state index in [9.17, 15) is 13.6 Å². The molecule has 3 nitrogen and oxygen atoms in total. The summed E-state index contributed by atoms with van der Waals surface area (Å²) in [7, 11) is 0. The number of para-hydroxylation sites is 1. The second-order valence-corrected chi connectivity index (χ2v) is 3.88. The van der Waals surface area contributed by atoms with Crippen LogP contribution in [0.2, 0.25) is 0 Å². The molecule has 2 rings (SSSR count). The first-order chi connectivity index (χ1) is 7.59. The zero-order chi connectivity index (χ0) is 11.7. The summed E-state index contributed by atoms with van der Waals surface area (Å²) in [5, 5.41) is 0.299. The number of halogens is 3. The number of H-pyrrole nitrogens is 1. The molecular weight excluding hydrogens is 284 g/mol. The molecule has 16 heavy (non-hydrogen) atoms. The van der Waals surface area contributed by atoms with Crippen molar-refractivity contribution < 1.29 is 13.5 Å². The van der Waals surface area contributed by atoms with Crippen molar-refractivity contribution in [3.63, 3.8) is 0 Å². The molecule has 0 aliphatic heterocycles. The molecule has 6 heteroatoms. The first kappa shape index (κ1) is 11.1. The summed E-state index contributed by atoms with van der Waals surface area (Å²) in [6, 6.07) is 4.40. The molecule has 0 spiro atoms. The van der Waals surface area contributed by atoms with E-state index in [0.717, 1.165) is 0 Å². The molecule has 2 aromatic rings. The van der Waals surface area contributed by atoms with Crippen LogP contribution in [0.3, 0.4) is 0 Å². The number of ether oxygens (including phenoxy) is 1. The number of nitrogens with one attached hydrogen (secondary N) is 1. The molecule has 1 heterocycles. The van der Waals surface area contributed by atoms with Crippen molar-refractivity contribution in [1.29, 1.82) is 0 Å². The van der Waals surface area contributed by atoms with Gasteiger partial charge in [0.15, 0.2) is 0 Å². The van der Waals surface area contributed by atoms with Crippen LogP contribution in [0.25, 0.3) is 10.9 Å². The molecule has 84 valence electrons. The lowest BCUT2D eigenvalue weighted by Crippen LogP contribution is -2.07. The molecule has 0 saturated heterocycles. The van der Waals surface area contributed by atoms with E-state index in [4.69, 9.17) is 0 Å². The van der Waals surface area contributed by atoms with E-state index in [2.05, 4.69) is 25.7 Å². The van der Waals surface area contributed by atoms with E-state index in [1.54, 1.807) is 0 Å².